The Labute approximate surface area is 187 Å². The molecule has 32 heavy (non-hydrogen) atoms. The van der Waals surface area contributed by atoms with Crippen LogP contribution in [0.25, 0.3) is 17.8 Å². The fourth-order valence-electron chi connectivity index (χ4n) is 3.74. The third kappa shape index (κ3) is 5.86. The van der Waals surface area contributed by atoms with Crippen LogP contribution in [0, 0.1) is 0 Å². The second-order valence-electron chi connectivity index (χ2n) is 7.72. The summed E-state index contributed by atoms with van der Waals surface area (Å²) in [7, 11) is 0. The van der Waals surface area contributed by atoms with Crippen molar-refractivity contribution in [1.29, 1.82) is 0 Å². The van der Waals surface area contributed by atoms with Crippen LogP contribution in [0.2, 0.25) is 0 Å². The number of aromatic nitrogens is 1. The van der Waals surface area contributed by atoms with E-state index in [9.17, 15) is 9.18 Å². The summed E-state index contributed by atoms with van der Waals surface area (Å²) in [6.45, 7) is 3.10. The van der Waals surface area contributed by atoms with Crippen LogP contribution in [0.3, 0.4) is 0 Å². The maximum Gasteiger partial charge on any atom is 0.255 e. The van der Waals surface area contributed by atoms with Crippen LogP contribution < -0.4 is 15.0 Å². The molecule has 0 atom stereocenters. The third-order valence-corrected chi connectivity index (χ3v) is 5.50. The molecule has 0 radical (unpaired) electrons. The van der Waals surface area contributed by atoms with Gasteiger partial charge in [0.15, 0.2) is 0 Å². The Balaban J connectivity index is 1.36. The molecular formula is C26H27FN2O3. The van der Waals surface area contributed by atoms with Gasteiger partial charge in [-0.15, -0.1) is 0 Å². The molecule has 0 bridgehead atoms. The molecular weight excluding hydrogens is 407 g/mol. The summed E-state index contributed by atoms with van der Waals surface area (Å²) >= 11 is 0. The highest BCUT2D eigenvalue weighted by molar-refractivity contribution is 5.69. The predicted octanol–water partition coefficient (Wildman–Crippen LogP) is 4.79. The standard InChI is InChI=1S/C26H27FN2O3/c27-20-32-25-9-5-21(6-10-25)3-4-22-13-16-29(26(30)19-22)23-7-11-24(12-8-23)31-18-17-28-14-1-2-15-28/h3-13,16,19H,1-2,14-15,17-18,20H2. The van der Waals surface area contributed by atoms with Gasteiger partial charge in [-0.05, 0) is 79.5 Å². The number of nitrogens with zero attached hydrogens (tertiary/aromatic N) is 2. The Morgan fingerprint density at radius 2 is 1.50 bits per heavy atom. The largest absolute Gasteiger partial charge is 0.492 e. The lowest BCUT2D eigenvalue weighted by Crippen LogP contribution is -2.25. The van der Waals surface area contributed by atoms with Gasteiger partial charge >= 0.3 is 0 Å². The summed E-state index contributed by atoms with van der Waals surface area (Å²) in [5.74, 6) is 1.29. The van der Waals surface area contributed by atoms with Gasteiger partial charge in [0.25, 0.3) is 5.56 Å². The lowest BCUT2D eigenvalue weighted by Gasteiger charge is -2.15. The molecule has 1 fully saturated rings. The van der Waals surface area contributed by atoms with Crippen molar-refractivity contribution in [1.82, 2.24) is 9.47 Å². The average molecular weight is 435 g/mol. The van der Waals surface area contributed by atoms with Gasteiger partial charge in [-0.2, -0.15) is 0 Å². The van der Waals surface area contributed by atoms with E-state index in [1.165, 1.54) is 12.8 Å². The van der Waals surface area contributed by atoms with Crippen molar-refractivity contribution in [3.05, 3.63) is 88.3 Å². The van der Waals surface area contributed by atoms with Crippen molar-refractivity contribution in [2.24, 2.45) is 0 Å². The number of hydrogen-bond acceptors (Lipinski definition) is 4. The van der Waals surface area contributed by atoms with Crippen LogP contribution in [0.4, 0.5) is 4.39 Å². The number of pyridine rings is 1. The maximum atomic E-state index is 12.6. The molecule has 0 saturated carbocycles. The number of hydrogen-bond donors (Lipinski definition) is 0. The summed E-state index contributed by atoms with van der Waals surface area (Å²) in [6, 6.07) is 18.1. The van der Waals surface area contributed by atoms with Crippen molar-refractivity contribution in [2.45, 2.75) is 12.8 Å². The predicted molar refractivity (Wildman–Crippen MR) is 125 cm³/mol. The first-order valence-corrected chi connectivity index (χ1v) is 10.9. The molecule has 1 aliphatic heterocycles. The van der Waals surface area contributed by atoms with Gasteiger partial charge in [0.05, 0.1) is 0 Å². The molecule has 5 nitrogen and oxygen atoms in total. The quantitative estimate of drug-likeness (QED) is 0.486. The average Bonchev–Trinajstić information content (AvgIpc) is 3.33. The van der Waals surface area contributed by atoms with Crippen molar-refractivity contribution < 1.29 is 13.9 Å². The van der Waals surface area contributed by atoms with E-state index in [2.05, 4.69) is 4.90 Å². The minimum atomic E-state index is -0.847. The number of halogens is 1. The van der Waals surface area contributed by atoms with E-state index < -0.39 is 6.86 Å². The molecule has 6 heteroatoms. The monoisotopic (exact) mass is 434 g/mol. The Morgan fingerprint density at radius 3 is 2.19 bits per heavy atom. The van der Waals surface area contributed by atoms with E-state index >= 15 is 0 Å². The summed E-state index contributed by atoms with van der Waals surface area (Å²) in [4.78, 5) is 15.0. The Bertz CT molecular complexity index is 1090. The number of alkyl halides is 1. The van der Waals surface area contributed by atoms with Crippen LogP contribution in [0.1, 0.15) is 24.0 Å². The summed E-state index contributed by atoms with van der Waals surface area (Å²) in [5, 5.41) is 0. The minimum Gasteiger partial charge on any atom is -0.492 e. The van der Waals surface area contributed by atoms with Gasteiger partial charge in [-0.3, -0.25) is 14.3 Å². The molecule has 166 valence electrons. The van der Waals surface area contributed by atoms with Crippen LogP contribution >= 0.6 is 0 Å². The highest BCUT2D eigenvalue weighted by atomic mass is 19.1. The molecule has 0 amide bonds. The number of benzene rings is 2. The molecule has 0 spiro atoms. The van der Waals surface area contributed by atoms with E-state index in [4.69, 9.17) is 9.47 Å². The maximum absolute atomic E-state index is 12.6. The summed E-state index contributed by atoms with van der Waals surface area (Å²) < 4.78 is 24.4. The van der Waals surface area contributed by atoms with Crippen LogP contribution in [0.5, 0.6) is 11.5 Å². The highest BCUT2D eigenvalue weighted by Gasteiger charge is 2.10. The Morgan fingerprint density at radius 1 is 0.844 bits per heavy atom. The molecule has 2 aromatic carbocycles. The topological polar surface area (TPSA) is 43.7 Å². The van der Waals surface area contributed by atoms with E-state index in [-0.39, 0.29) is 5.56 Å². The van der Waals surface area contributed by atoms with Gasteiger partial charge in [-0.25, -0.2) is 4.39 Å². The fraction of sp³-hybridized carbons (Fsp3) is 0.269. The zero-order valence-electron chi connectivity index (χ0n) is 18.0. The van der Waals surface area contributed by atoms with Gasteiger partial charge in [0, 0.05) is 24.5 Å². The third-order valence-electron chi connectivity index (χ3n) is 5.50. The lowest BCUT2D eigenvalue weighted by molar-refractivity contribution is 0.192. The lowest BCUT2D eigenvalue weighted by atomic mass is 10.1. The van der Waals surface area contributed by atoms with E-state index in [1.54, 1.807) is 29.0 Å². The molecule has 4 rings (SSSR count). The second kappa shape index (κ2) is 10.8. The summed E-state index contributed by atoms with van der Waals surface area (Å²) in [5.41, 5.74) is 2.42. The van der Waals surface area contributed by atoms with Crippen LogP contribution in [-0.4, -0.2) is 42.6 Å². The van der Waals surface area contributed by atoms with Crippen molar-refractivity contribution in [2.75, 3.05) is 33.1 Å². The zero-order valence-corrected chi connectivity index (χ0v) is 18.0. The molecule has 1 saturated heterocycles. The van der Waals surface area contributed by atoms with Gasteiger partial charge in [0.2, 0.25) is 6.86 Å². The second-order valence-corrected chi connectivity index (χ2v) is 7.72. The smallest absolute Gasteiger partial charge is 0.255 e. The van der Waals surface area contributed by atoms with Crippen molar-refractivity contribution in [3.8, 4) is 17.2 Å². The molecule has 2 heterocycles. The van der Waals surface area contributed by atoms with Crippen molar-refractivity contribution in [3.63, 3.8) is 0 Å². The number of ether oxygens (including phenoxy) is 2. The minimum absolute atomic E-state index is 0.110. The van der Waals surface area contributed by atoms with Crippen LogP contribution in [0.15, 0.2) is 71.7 Å². The van der Waals surface area contributed by atoms with Crippen molar-refractivity contribution >= 4 is 12.2 Å². The number of rotatable bonds is 9. The Kier molecular flexibility index (Phi) is 7.35. The number of likely N-dealkylation sites (tertiary alicyclic amines) is 1. The van der Waals surface area contributed by atoms with E-state index in [0.717, 1.165) is 42.2 Å². The normalized spacial score (nSPS) is 14.2. The fourth-order valence-corrected chi connectivity index (χ4v) is 3.74. The van der Waals surface area contributed by atoms with Gasteiger partial charge in [-0.1, -0.05) is 24.3 Å². The van der Waals surface area contributed by atoms with E-state index in [1.807, 2.05) is 54.6 Å². The SMILES string of the molecule is O=c1cc(C=Cc2ccc(OCF)cc2)ccn1-c1ccc(OCCN2CCCC2)cc1. The molecule has 3 aromatic rings. The molecule has 0 N–H and O–H groups in total. The first kappa shape index (κ1) is 21.8. The zero-order chi connectivity index (χ0) is 22.2. The van der Waals surface area contributed by atoms with Gasteiger partial charge in [0.1, 0.15) is 18.1 Å². The first-order chi connectivity index (χ1) is 15.7. The summed E-state index contributed by atoms with van der Waals surface area (Å²) in [6.07, 6.45) is 8.09. The molecule has 1 aromatic heterocycles. The van der Waals surface area contributed by atoms with E-state index in [0.29, 0.717) is 12.4 Å². The van der Waals surface area contributed by atoms with Gasteiger partial charge < -0.3 is 9.47 Å². The molecule has 0 unspecified atom stereocenters. The Hall–Kier alpha value is -3.38. The highest BCUT2D eigenvalue weighted by Crippen LogP contribution is 2.17. The first-order valence-electron chi connectivity index (χ1n) is 10.9. The molecule has 0 aliphatic carbocycles. The molecule has 1 aliphatic rings. The van der Waals surface area contributed by atoms with Crippen LogP contribution in [-0.2, 0) is 0 Å².